The average Bonchev–Trinajstić information content (AvgIpc) is 2.71. The third-order valence-corrected chi connectivity index (χ3v) is 3.93. The van der Waals surface area contributed by atoms with E-state index in [0.29, 0.717) is 15.1 Å². The first-order valence-electron chi connectivity index (χ1n) is 6.13. The molecule has 1 aliphatic rings. The predicted octanol–water partition coefficient (Wildman–Crippen LogP) is 2.48. The summed E-state index contributed by atoms with van der Waals surface area (Å²) in [6.07, 6.45) is 1.65. The second kappa shape index (κ2) is 6.89. The molecule has 1 heterocycles. The van der Waals surface area contributed by atoms with Gasteiger partial charge in [-0.25, -0.2) is 0 Å². The number of rotatable bonds is 2. The molecular formula is C14H11BrN2O4S. The SMILES string of the molecule is CC(=O)NC1=NC(=O)/C(=C/c2ccc(OC(C)=O)c(Br)c2)S1. The minimum Gasteiger partial charge on any atom is -0.426 e. The summed E-state index contributed by atoms with van der Waals surface area (Å²) in [6, 6.07) is 5.05. The minimum absolute atomic E-state index is 0.263. The van der Waals surface area contributed by atoms with Crippen LogP contribution in [0.4, 0.5) is 0 Å². The summed E-state index contributed by atoms with van der Waals surface area (Å²) in [5.41, 5.74) is 0.734. The van der Waals surface area contributed by atoms with Crippen LogP contribution in [0.1, 0.15) is 19.4 Å². The molecule has 0 fully saturated rings. The van der Waals surface area contributed by atoms with E-state index >= 15 is 0 Å². The lowest BCUT2D eigenvalue weighted by Crippen LogP contribution is -2.23. The Morgan fingerprint density at radius 3 is 2.68 bits per heavy atom. The van der Waals surface area contributed by atoms with Crippen molar-refractivity contribution in [3.63, 3.8) is 0 Å². The Kier molecular flexibility index (Phi) is 5.15. The van der Waals surface area contributed by atoms with Gasteiger partial charge in [0.05, 0.1) is 9.38 Å². The molecule has 1 aromatic rings. The summed E-state index contributed by atoms with van der Waals surface area (Å²) in [4.78, 5) is 37.8. The van der Waals surface area contributed by atoms with E-state index in [0.717, 1.165) is 17.3 Å². The minimum atomic E-state index is -0.415. The van der Waals surface area contributed by atoms with Gasteiger partial charge in [0.25, 0.3) is 5.91 Å². The van der Waals surface area contributed by atoms with E-state index in [2.05, 4.69) is 26.2 Å². The maximum absolute atomic E-state index is 11.8. The topological polar surface area (TPSA) is 84.8 Å². The van der Waals surface area contributed by atoms with Crippen molar-refractivity contribution in [2.45, 2.75) is 13.8 Å². The van der Waals surface area contributed by atoms with E-state index in [1.54, 1.807) is 24.3 Å². The highest BCUT2D eigenvalue weighted by molar-refractivity contribution is 9.10. The van der Waals surface area contributed by atoms with Crippen LogP contribution in [0, 0.1) is 0 Å². The smallest absolute Gasteiger partial charge is 0.308 e. The van der Waals surface area contributed by atoms with Crippen LogP contribution in [0.15, 0.2) is 32.6 Å². The first-order valence-corrected chi connectivity index (χ1v) is 7.74. The number of amidine groups is 1. The molecule has 0 bridgehead atoms. The normalized spacial score (nSPS) is 15.7. The standard InChI is InChI=1S/C14H11BrN2O4S/c1-7(18)16-14-17-13(20)12(22-14)6-9-3-4-11(10(15)5-9)21-8(2)19/h3-6H,1-2H3,(H,16,17,18,20)/b12-6-. The van der Waals surface area contributed by atoms with Gasteiger partial charge in [0.15, 0.2) is 5.17 Å². The fourth-order valence-corrected chi connectivity index (χ4v) is 2.95. The van der Waals surface area contributed by atoms with E-state index in [9.17, 15) is 14.4 Å². The number of ether oxygens (including phenoxy) is 1. The summed E-state index contributed by atoms with van der Waals surface area (Å²) < 4.78 is 5.60. The number of carbonyl (C=O) groups excluding carboxylic acids is 3. The van der Waals surface area contributed by atoms with Crippen molar-refractivity contribution in [1.29, 1.82) is 0 Å². The molecule has 0 saturated carbocycles. The fraction of sp³-hybridized carbons (Fsp3) is 0.143. The predicted molar refractivity (Wildman–Crippen MR) is 87.3 cm³/mol. The number of esters is 1. The van der Waals surface area contributed by atoms with E-state index in [1.165, 1.54) is 13.8 Å². The molecule has 0 saturated heterocycles. The average molecular weight is 383 g/mol. The molecule has 0 atom stereocenters. The van der Waals surface area contributed by atoms with E-state index < -0.39 is 11.9 Å². The molecule has 2 rings (SSSR count). The second-order valence-corrected chi connectivity index (χ2v) is 6.18. The molecule has 0 spiro atoms. The summed E-state index contributed by atoms with van der Waals surface area (Å²) in [5.74, 6) is -0.709. The third kappa shape index (κ3) is 4.28. The largest absolute Gasteiger partial charge is 0.426 e. The molecule has 114 valence electrons. The van der Waals surface area contributed by atoms with Crippen molar-refractivity contribution in [1.82, 2.24) is 5.32 Å². The van der Waals surface area contributed by atoms with Crippen molar-refractivity contribution in [3.05, 3.63) is 33.1 Å². The van der Waals surface area contributed by atoms with Gasteiger partial charge in [0, 0.05) is 13.8 Å². The Hall–Kier alpha value is -1.93. The van der Waals surface area contributed by atoms with Crippen molar-refractivity contribution in [2.75, 3.05) is 0 Å². The first kappa shape index (κ1) is 16.4. The number of hydrogen-bond donors (Lipinski definition) is 1. The Morgan fingerprint density at radius 1 is 1.36 bits per heavy atom. The number of amides is 2. The highest BCUT2D eigenvalue weighted by Crippen LogP contribution is 2.31. The van der Waals surface area contributed by atoms with Crippen LogP contribution >= 0.6 is 27.7 Å². The van der Waals surface area contributed by atoms with Crippen LogP contribution in [0.2, 0.25) is 0 Å². The van der Waals surface area contributed by atoms with E-state index in [-0.39, 0.29) is 11.1 Å². The zero-order valence-electron chi connectivity index (χ0n) is 11.7. The van der Waals surface area contributed by atoms with Crippen LogP contribution < -0.4 is 10.1 Å². The Morgan fingerprint density at radius 2 is 2.09 bits per heavy atom. The van der Waals surface area contributed by atoms with Crippen LogP contribution in [-0.2, 0) is 14.4 Å². The molecule has 0 aliphatic carbocycles. The Balaban J connectivity index is 2.17. The molecule has 1 N–H and O–H groups in total. The number of thioether (sulfide) groups is 1. The molecule has 1 aromatic carbocycles. The highest BCUT2D eigenvalue weighted by Gasteiger charge is 2.22. The Bertz CT molecular complexity index is 728. The van der Waals surface area contributed by atoms with Crippen molar-refractivity contribution < 1.29 is 19.1 Å². The van der Waals surface area contributed by atoms with Gasteiger partial charge in [-0.1, -0.05) is 6.07 Å². The quantitative estimate of drug-likeness (QED) is 0.482. The lowest BCUT2D eigenvalue weighted by Gasteiger charge is -2.05. The molecule has 0 radical (unpaired) electrons. The van der Waals surface area contributed by atoms with E-state index in [4.69, 9.17) is 4.74 Å². The number of nitrogens with zero attached hydrogens (tertiary/aromatic N) is 1. The third-order valence-electron chi connectivity index (χ3n) is 2.41. The molecule has 22 heavy (non-hydrogen) atoms. The monoisotopic (exact) mass is 382 g/mol. The van der Waals surface area contributed by atoms with Gasteiger partial charge in [0.1, 0.15) is 5.75 Å². The zero-order chi connectivity index (χ0) is 16.3. The van der Waals surface area contributed by atoms with Gasteiger partial charge in [-0.15, -0.1) is 0 Å². The lowest BCUT2D eigenvalue weighted by molar-refractivity contribution is -0.132. The zero-order valence-corrected chi connectivity index (χ0v) is 14.1. The number of nitrogens with one attached hydrogen (secondary N) is 1. The van der Waals surface area contributed by atoms with Gasteiger partial charge in [-0.2, -0.15) is 4.99 Å². The van der Waals surface area contributed by atoms with Crippen molar-refractivity contribution >= 4 is 56.7 Å². The Labute approximate surface area is 139 Å². The maximum Gasteiger partial charge on any atom is 0.308 e. The van der Waals surface area contributed by atoms with Gasteiger partial charge < -0.3 is 10.1 Å². The number of aliphatic imine (C=N–C) groups is 1. The van der Waals surface area contributed by atoms with Crippen LogP contribution in [-0.4, -0.2) is 23.0 Å². The van der Waals surface area contributed by atoms with Crippen LogP contribution in [0.25, 0.3) is 6.08 Å². The molecule has 2 amide bonds. The van der Waals surface area contributed by atoms with Gasteiger partial charge in [-0.05, 0) is 51.5 Å². The second-order valence-electron chi connectivity index (χ2n) is 4.30. The molecule has 1 aliphatic heterocycles. The number of hydrogen-bond acceptors (Lipinski definition) is 5. The molecule has 0 aromatic heterocycles. The number of carbonyl (C=O) groups is 3. The fourth-order valence-electron chi connectivity index (χ4n) is 1.61. The highest BCUT2D eigenvalue weighted by atomic mass is 79.9. The number of benzene rings is 1. The summed E-state index contributed by atoms with van der Waals surface area (Å²) in [5, 5.41) is 2.74. The molecule has 8 heteroatoms. The van der Waals surface area contributed by atoms with Crippen molar-refractivity contribution in [2.24, 2.45) is 4.99 Å². The number of halogens is 1. The van der Waals surface area contributed by atoms with Gasteiger partial charge in [0.2, 0.25) is 5.91 Å². The van der Waals surface area contributed by atoms with Gasteiger partial charge >= 0.3 is 5.97 Å². The summed E-state index contributed by atoms with van der Waals surface area (Å²) >= 11 is 4.39. The molecule has 0 unspecified atom stereocenters. The lowest BCUT2D eigenvalue weighted by atomic mass is 10.2. The summed E-state index contributed by atoms with van der Waals surface area (Å²) in [7, 11) is 0. The van der Waals surface area contributed by atoms with Crippen LogP contribution in [0.3, 0.4) is 0 Å². The van der Waals surface area contributed by atoms with Crippen LogP contribution in [0.5, 0.6) is 5.75 Å². The first-order chi connectivity index (χ1) is 10.3. The maximum atomic E-state index is 11.8. The molecular weight excluding hydrogens is 372 g/mol. The van der Waals surface area contributed by atoms with Gasteiger partial charge in [-0.3, -0.25) is 14.4 Å². The molecule has 6 nitrogen and oxygen atoms in total. The van der Waals surface area contributed by atoms with Crippen molar-refractivity contribution in [3.8, 4) is 5.75 Å². The van der Waals surface area contributed by atoms with E-state index in [1.807, 2.05) is 0 Å². The summed E-state index contributed by atoms with van der Waals surface area (Å²) in [6.45, 7) is 2.66.